The first-order valence-corrected chi connectivity index (χ1v) is 22.6. The van der Waals surface area contributed by atoms with Crippen molar-refractivity contribution < 1.29 is 42.9 Å². The topological polar surface area (TPSA) is 202 Å². The molecule has 5 aliphatic rings. The van der Waals surface area contributed by atoms with Gasteiger partial charge in [-0.05, 0) is 87.5 Å². The molecule has 64 heavy (non-hydrogen) atoms. The summed E-state index contributed by atoms with van der Waals surface area (Å²) < 4.78 is 27.5. The average molecular weight is 879 g/mol. The summed E-state index contributed by atoms with van der Waals surface area (Å²) in [5.74, 6) is 2.57. The van der Waals surface area contributed by atoms with Gasteiger partial charge in [-0.3, -0.25) is 9.59 Å². The minimum absolute atomic E-state index is 0.0441. The predicted octanol–water partition coefficient (Wildman–Crippen LogP) is 6.53. The molecule has 7 heterocycles. The fraction of sp³-hybridized carbons (Fsp3) is 0.532. The van der Waals surface area contributed by atoms with Gasteiger partial charge < -0.3 is 54.1 Å². The first kappa shape index (κ1) is 43.3. The molecule has 0 spiro atoms. The van der Waals surface area contributed by atoms with E-state index in [1.54, 1.807) is 6.20 Å². The Morgan fingerprint density at radius 1 is 0.672 bits per heavy atom. The first-order chi connectivity index (χ1) is 31.0. The highest BCUT2D eigenvalue weighted by atomic mass is 16.5. The number of imidazole rings is 2. The molecule has 0 bridgehead atoms. The van der Waals surface area contributed by atoms with Gasteiger partial charge in [0, 0.05) is 67.2 Å². The molecular formula is C47H58N8O9. The Morgan fingerprint density at radius 3 is 1.66 bits per heavy atom. The molecule has 0 radical (unpaired) electrons. The number of nitrogens with one attached hydrogen (secondary N) is 4. The van der Waals surface area contributed by atoms with E-state index < -0.39 is 29.7 Å². The molecule has 17 nitrogen and oxygen atoms in total. The molecule has 17 heteroatoms. The molecule has 2 aromatic heterocycles. The molecule has 4 saturated heterocycles. The molecular weight excluding hydrogens is 821 g/mol. The number of aromatic amines is 2. The number of ether oxygens (including phenoxy) is 5. The summed E-state index contributed by atoms with van der Waals surface area (Å²) in [5, 5.41) is 5.64. The third-order valence-electron chi connectivity index (χ3n) is 14.0. The smallest absolute Gasteiger partial charge is 0.407 e. The number of carbonyl (C=O) groups excluding carboxylic acids is 4. The van der Waals surface area contributed by atoms with Gasteiger partial charge in [-0.1, -0.05) is 26.0 Å². The molecule has 4 N–H and O–H groups in total. The van der Waals surface area contributed by atoms with Crippen molar-refractivity contribution in [3.05, 3.63) is 71.6 Å². The zero-order valence-electron chi connectivity index (χ0n) is 36.9. The molecule has 2 aromatic carbocycles. The van der Waals surface area contributed by atoms with Gasteiger partial charge in [-0.25, -0.2) is 19.6 Å². The van der Waals surface area contributed by atoms with Gasteiger partial charge in [0.25, 0.3) is 0 Å². The van der Waals surface area contributed by atoms with E-state index >= 15 is 0 Å². The molecule has 5 aliphatic heterocycles. The number of likely N-dealkylation sites (tertiary alicyclic amines) is 2. The van der Waals surface area contributed by atoms with E-state index in [-0.39, 0.29) is 35.7 Å². The lowest BCUT2D eigenvalue weighted by molar-refractivity contribution is -0.137. The lowest BCUT2D eigenvalue weighted by atomic mass is 9.75. The molecule has 0 aliphatic carbocycles. The number of alkyl carbamates (subject to hydrolysis) is 2. The van der Waals surface area contributed by atoms with E-state index in [4.69, 9.17) is 33.7 Å². The largest absolute Gasteiger partial charge is 0.457 e. The van der Waals surface area contributed by atoms with Crippen LogP contribution in [-0.2, 0) is 34.0 Å². The van der Waals surface area contributed by atoms with Crippen molar-refractivity contribution in [2.75, 3.05) is 53.7 Å². The second kappa shape index (κ2) is 18.3. The highest BCUT2D eigenvalue weighted by molar-refractivity contribution is 5.87. The van der Waals surface area contributed by atoms with Crippen molar-refractivity contribution in [2.45, 2.75) is 94.8 Å². The third-order valence-corrected chi connectivity index (χ3v) is 14.0. The van der Waals surface area contributed by atoms with Crippen LogP contribution in [0.2, 0.25) is 0 Å². The molecule has 4 fully saturated rings. The summed E-state index contributed by atoms with van der Waals surface area (Å²) in [4.78, 5) is 73.2. The number of nitrogens with zero attached hydrogens (tertiary/aromatic N) is 4. The van der Waals surface area contributed by atoms with E-state index in [2.05, 4.69) is 52.6 Å². The summed E-state index contributed by atoms with van der Waals surface area (Å²) in [6.07, 6.45) is 8.27. The van der Waals surface area contributed by atoms with Crippen molar-refractivity contribution in [2.24, 2.45) is 11.8 Å². The molecule has 4 aromatic rings. The first-order valence-electron chi connectivity index (χ1n) is 22.6. The van der Waals surface area contributed by atoms with Gasteiger partial charge in [-0.2, -0.15) is 0 Å². The van der Waals surface area contributed by atoms with Crippen LogP contribution in [0, 0.1) is 11.8 Å². The van der Waals surface area contributed by atoms with Crippen molar-refractivity contribution in [1.29, 1.82) is 0 Å². The SMILES string of the molecule is COC(=O)N[C@H](C(=O)N1CCC[C@H]1c1ncc(-c2ccc3c(c2)Oc2ccc(-c4cnc([C@@H]5CCCN5C(=O)[C@@H](NC(=O)OC)C5CCOCC5)[nH]4)cc2C3(C)C)[nH]1)C1CCOCC1. The molecule has 0 unspecified atom stereocenters. The summed E-state index contributed by atoms with van der Waals surface area (Å²) in [6.45, 7) is 7.72. The summed E-state index contributed by atoms with van der Waals surface area (Å²) >= 11 is 0. The molecule has 340 valence electrons. The van der Waals surface area contributed by atoms with Crippen molar-refractivity contribution >= 4 is 24.0 Å². The zero-order valence-corrected chi connectivity index (χ0v) is 36.9. The summed E-state index contributed by atoms with van der Waals surface area (Å²) in [5.41, 5.74) is 5.15. The van der Waals surface area contributed by atoms with E-state index in [1.165, 1.54) is 14.2 Å². The Kier molecular flexibility index (Phi) is 12.4. The van der Waals surface area contributed by atoms with Crippen LogP contribution in [-0.4, -0.2) is 120 Å². The minimum Gasteiger partial charge on any atom is -0.457 e. The lowest BCUT2D eigenvalue weighted by Gasteiger charge is -2.35. The average Bonchev–Trinajstić information content (AvgIpc) is 4.17. The third kappa shape index (κ3) is 8.42. The Balaban J connectivity index is 0.905. The van der Waals surface area contributed by atoms with Crippen LogP contribution in [0.4, 0.5) is 9.59 Å². The standard InChI is InChI=1S/C47H58N8O9/c1-47(2)31-11-9-30(34-26-49-42(51-34)36-8-6-18-55(36)44(57)40(53-46(59)61-4)28-15-21-63-22-16-28)24-38(31)64-37-12-10-29(23-32(37)47)33-25-48-41(50-33)35-7-5-17-54(35)43(56)39(52-45(58)60-3)27-13-19-62-20-14-27/h9-12,23-28,35-36,39-40H,5-8,13-22H2,1-4H3,(H,48,50)(H,49,51)(H,52,58)(H,53,59)/t35-,36-,39-,40-/m0/s1. The van der Waals surface area contributed by atoms with Gasteiger partial charge in [0.05, 0.1) is 50.1 Å². The zero-order chi connectivity index (χ0) is 44.5. The van der Waals surface area contributed by atoms with E-state index in [0.717, 1.165) is 70.8 Å². The maximum absolute atomic E-state index is 14.1. The van der Waals surface area contributed by atoms with Crippen molar-refractivity contribution in [1.82, 2.24) is 40.4 Å². The molecule has 0 saturated carbocycles. The fourth-order valence-corrected chi connectivity index (χ4v) is 10.4. The van der Waals surface area contributed by atoms with Crippen LogP contribution in [0.1, 0.15) is 100 Å². The van der Waals surface area contributed by atoms with Gasteiger partial charge in [0.1, 0.15) is 35.2 Å². The van der Waals surface area contributed by atoms with Crippen LogP contribution in [0.5, 0.6) is 11.5 Å². The second-order valence-corrected chi connectivity index (χ2v) is 18.0. The number of H-pyrrole nitrogens is 2. The molecule has 9 rings (SSSR count). The van der Waals surface area contributed by atoms with Gasteiger partial charge in [0.15, 0.2) is 0 Å². The molecule has 4 atom stereocenters. The van der Waals surface area contributed by atoms with Gasteiger partial charge in [0.2, 0.25) is 11.8 Å². The minimum atomic E-state index is -0.705. The van der Waals surface area contributed by atoms with Crippen molar-refractivity contribution in [3.63, 3.8) is 0 Å². The number of hydrogen-bond donors (Lipinski definition) is 4. The maximum Gasteiger partial charge on any atom is 0.407 e. The number of aromatic nitrogens is 4. The monoisotopic (exact) mass is 878 g/mol. The van der Waals surface area contributed by atoms with E-state index in [0.29, 0.717) is 76.8 Å². The van der Waals surface area contributed by atoms with Crippen molar-refractivity contribution in [3.8, 4) is 34.0 Å². The quantitative estimate of drug-likeness (QED) is 0.135. The van der Waals surface area contributed by atoms with E-state index in [1.807, 2.05) is 34.2 Å². The van der Waals surface area contributed by atoms with Crippen LogP contribution < -0.4 is 15.4 Å². The number of methoxy groups -OCH3 is 2. The van der Waals surface area contributed by atoms with Gasteiger partial charge in [-0.15, -0.1) is 0 Å². The Labute approximate surface area is 372 Å². The summed E-state index contributed by atoms with van der Waals surface area (Å²) in [7, 11) is 2.61. The van der Waals surface area contributed by atoms with Crippen LogP contribution in [0.15, 0.2) is 48.8 Å². The number of hydrogen-bond acceptors (Lipinski definition) is 11. The Morgan fingerprint density at radius 2 is 1.16 bits per heavy atom. The number of rotatable bonds is 10. The normalized spacial score (nSPS) is 21.9. The lowest BCUT2D eigenvalue weighted by Crippen LogP contribution is -2.53. The molecule has 4 amide bonds. The maximum atomic E-state index is 14.1. The second-order valence-electron chi connectivity index (χ2n) is 18.0. The van der Waals surface area contributed by atoms with Crippen LogP contribution in [0.25, 0.3) is 22.5 Å². The number of carbonyl (C=O) groups is 4. The van der Waals surface area contributed by atoms with E-state index in [9.17, 15) is 19.2 Å². The number of fused-ring (bicyclic) bond motifs is 2. The fourth-order valence-electron chi connectivity index (χ4n) is 10.4. The number of benzene rings is 2. The number of amides is 4. The van der Waals surface area contributed by atoms with Gasteiger partial charge >= 0.3 is 12.2 Å². The highest BCUT2D eigenvalue weighted by Crippen LogP contribution is 2.50. The van der Waals surface area contributed by atoms with Crippen LogP contribution >= 0.6 is 0 Å². The Bertz CT molecular complexity index is 2370. The highest BCUT2D eigenvalue weighted by Gasteiger charge is 2.42. The Hall–Kier alpha value is -5.94. The van der Waals surface area contributed by atoms with Crippen LogP contribution in [0.3, 0.4) is 0 Å². The predicted molar refractivity (Wildman–Crippen MR) is 233 cm³/mol. The summed E-state index contributed by atoms with van der Waals surface area (Å²) in [6, 6.07) is 10.4.